The third kappa shape index (κ3) is 8.47. The molecular weight excluding hydrogens is 302 g/mol. The normalized spacial score (nSPS) is 17.6. The Bertz CT molecular complexity index is 464. The van der Waals surface area contributed by atoms with Gasteiger partial charge in [0.2, 0.25) is 0 Å². The summed E-state index contributed by atoms with van der Waals surface area (Å²) in [4.78, 5) is 51.3. The second-order valence-corrected chi connectivity index (χ2v) is 4.32. The van der Waals surface area contributed by atoms with Crippen molar-refractivity contribution < 1.29 is 39.3 Å². The number of urea groups is 1. The first-order chi connectivity index (χ1) is 10.1. The standard InChI is InChI=1S/C6H8N2O4.C5H9NO4/c9-4(10)2-1-3-5(11)8-6(12)7-3;6-3(5(9)10)1-2-4(7)8/h3H,1-2H2,(H,9,10)(H2,7,8,11,12);3H,1-2,6H2,(H,7,8)(H,9,10)/t;3-/m.1/s1. The van der Waals surface area contributed by atoms with Gasteiger partial charge in [0.15, 0.2) is 0 Å². The van der Waals surface area contributed by atoms with Crippen molar-refractivity contribution in [2.45, 2.75) is 37.8 Å². The van der Waals surface area contributed by atoms with Gasteiger partial charge in [0.05, 0.1) is 0 Å². The average Bonchev–Trinajstić information content (AvgIpc) is 2.72. The second-order valence-electron chi connectivity index (χ2n) is 4.32. The van der Waals surface area contributed by atoms with Crippen molar-refractivity contribution in [1.82, 2.24) is 10.6 Å². The minimum absolute atomic E-state index is 0.0231. The highest BCUT2D eigenvalue weighted by molar-refractivity contribution is 6.04. The van der Waals surface area contributed by atoms with Crippen LogP contribution >= 0.6 is 0 Å². The molecule has 0 spiro atoms. The lowest BCUT2D eigenvalue weighted by atomic mass is 10.1. The highest BCUT2D eigenvalue weighted by Crippen LogP contribution is 2.01. The molecular formula is C11H17N3O8. The van der Waals surface area contributed by atoms with Crippen LogP contribution in [-0.2, 0) is 19.2 Å². The Hall–Kier alpha value is -2.69. The van der Waals surface area contributed by atoms with Crippen LogP contribution in [0.4, 0.5) is 4.79 Å². The number of carboxylic acids is 3. The minimum Gasteiger partial charge on any atom is -0.481 e. The van der Waals surface area contributed by atoms with Crippen LogP contribution in [0.1, 0.15) is 25.7 Å². The molecule has 1 unspecified atom stereocenters. The summed E-state index contributed by atoms with van der Waals surface area (Å²) in [5.74, 6) is -3.64. The van der Waals surface area contributed by atoms with E-state index in [9.17, 15) is 24.0 Å². The van der Waals surface area contributed by atoms with Crippen molar-refractivity contribution in [3.8, 4) is 0 Å². The van der Waals surface area contributed by atoms with Gasteiger partial charge < -0.3 is 26.4 Å². The molecule has 0 bridgehead atoms. The van der Waals surface area contributed by atoms with Gasteiger partial charge in [0.25, 0.3) is 5.91 Å². The van der Waals surface area contributed by atoms with Crippen molar-refractivity contribution in [3.63, 3.8) is 0 Å². The number of aliphatic carboxylic acids is 3. The molecule has 0 aromatic rings. The molecule has 11 heteroatoms. The van der Waals surface area contributed by atoms with Crippen molar-refractivity contribution in [3.05, 3.63) is 0 Å². The molecule has 1 rings (SSSR count). The first-order valence-electron chi connectivity index (χ1n) is 6.16. The molecule has 1 fully saturated rings. The first kappa shape index (κ1) is 19.3. The Balaban J connectivity index is 0.000000409. The van der Waals surface area contributed by atoms with Crippen LogP contribution in [-0.4, -0.2) is 57.2 Å². The number of rotatable bonds is 7. The second kappa shape index (κ2) is 9.28. The highest BCUT2D eigenvalue weighted by atomic mass is 16.4. The molecule has 124 valence electrons. The molecule has 0 aromatic carbocycles. The zero-order valence-electron chi connectivity index (χ0n) is 11.4. The fourth-order valence-corrected chi connectivity index (χ4v) is 1.33. The van der Waals surface area contributed by atoms with Crippen LogP contribution in [0.15, 0.2) is 0 Å². The van der Waals surface area contributed by atoms with Gasteiger partial charge in [-0.25, -0.2) is 4.79 Å². The number of imide groups is 1. The number of carbonyl (C=O) groups excluding carboxylic acids is 2. The van der Waals surface area contributed by atoms with Crippen LogP contribution < -0.4 is 16.4 Å². The summed E-state index contributed by atoms with van der Waals surface area (Å²) >= 11 is 0. The lowest BCUT2D eigenvalue weighted by Gasteiger charge is -2.02. The number of carbonyl (C=O) groups is 5. The summed E-state index contributed by atoms with van der Waals surface area (Å²) in [5.41, 5.74) is 5.00. The van der Waals surface area contributed by atoms with Gasteiger partial charge in [-0.3, -0.25) is 24.5 Å². The van der Waals surface area contributed by atoms with Gasteiger partial charge >= 0.3 is 23.9 Å². The lowest BCUT2D eigenvalue weighted by Crippen LogP contribution is -2.30. The topological polar surface area (TPSA) is 196 Å². The minimum atomic E-state index is -1.17. The molecule has 1 heterocycles. The predicted molar refractivity (Wildman–Crippen MR) is 69.8 cm³/mol. The third-order valence-corrected chi connectivity index (χ3v) is 2.49. The Morgan fingerprint density at radius 1 is 1.09 bits per heavy atom. The zero-order valence-corrected chi connectivity index (χ0v) is 11.4. The Morgan fingerprint density at radius 3 is 2.00 bits per heavy atom. The monoisotopic (exact) mass is 319 g/mol. The summed E-state index contributed by atoms with van der Waals surface area (Å²) in [5, 5.41) is 28.9. The van der Waals surface area contributed by atoms with Gasteiger partial charge in [0, 0.05) is 12.8 Å². The van der Waals surface area contributed by atoms with E-state index < -0.39 is 41.9 Å². The molecule has 1 aliphatic heterocycles. The molecule has 22 heavy (non-hydrogen) atoms. The summed E-state index contributed by atoms with van der Waals surface area (Å²) in [6.45, 7) is 0. The van der Waals surface area contributed by atoms with Crippen molar-refractivity contribution in [1.29, 1.82) is 0 Å². The molecule has 0 aromatic heterocycles. The quantitative estimate of drug-likeness (QED) is 0.297. The molecule has 0 radical (unpaired) electrons. The molecule has 3 amide bonds. The predicted octanol–water partition coefficient (Wildman–Crippen LogP) is -1.68. The van der Waals surface area contributed by atoms with E-state index in [0.29, 0.717) is 0 Å². The zero-order chi connectivity index (χ0) is 17.3. The smallest absolute Gasteiger partial charge is 0.322 e. The Labute approximate surface area is 124 Å². The van der Waals surface area contributed by atoms with Crippen LogP contribution in [0.25, 0.3) is 0 Å². The molecule has 7 N–H and O–H groups in total. The highest BCUT2D eigenvalue weighted by Gasteiger charge is 2.29. The number of hydrogen-bond donors (Lipinski definition) is 6. The summed E-state index contributed by atoms with van der Waals surface area (Å²) in [7, 11) is 0. The fourth-order valence-electron chi connectivity index (χ4n) is 1.33. The maximum Gasteiger partial charge on any atom is 0.322 e. The van der Waals surface area contributed by atoms with Gasteiger partial charge in [-0.15, -0.1) is 0 Å². The summed E-state index contributed by atoms with van der Waals surface area (Å²) in [6, 6.07) is -2.31. The number of amides is 3. The first-order valence-corrected chi connectivity index (χ1v) is 6.16. The molecule has 0 saturated carbocycles. The van der Waals surface area contributed by atoms with Crippen LogP contribution in [0.2, 0.25) is 0 Å². The van der Waals surface area contributed by atoms with Gasteiger partial charge in [-0.2, -0.15) is 0 Å². The van der Waals surface area contributed by atoms with E-state index in [1.54, 1.807) is 0 Å². The van der Waals surface area contributed by atoms with Gasteiger partial charge in [-0.05, 0) is 12.8 Å². The third-order valence-electron chi connectivity index (χ3n) is 2.49. The molecule has 1 aliphatic rings. The van der Waals surface area contributed by atoms with Crippen LogP contribution in [0, 0.1) is 0 Å². The van der Waals surface area contributed by atoms with Crippen molar-refractivity contribution in [2.24, 2.45) is 5.73 Å². The van der Waals surface area contributed by atoms with E-state index in [-0.39, 0.29) is 25.7 Å². The summed E-state index contributed by atoms with van der Waals surface area (Å²) < 4.78 is 0. The fraction of sp³-hybridized carbons (Fsp3) is 0.545. The lowest BCUT2D eigenvalue weighted by molar-refractivity contribution is -0.140. The largest absolute Gasteiger partial charge is 0.481 e. The number of hydrogen-bond acceptors (Lipinski definition) is 6. The number of nitrogens with two attached hydrogens (primary N) is 1. The maximum atomic E-state index is 10.8. The Kier molecular flexibility index (Phi) is 8.15. The van der Waals surface area contributed by atoms with Crippen LogP contribution in [0.5, 0.6) is 0 Å². The maximum absolute atomic E-state index is 10.8. The van der Waals surface area contributed by atoms with E-state index >= 15 is 0 Å². The SMILES string of the molecule is N[C@H](CCC(=O)O)C(=O)O.O=C(O)CCC1NC(=O)NC1=O. The molecule has 1 saturated heterocycles. The molecule has 11 nitrogen and oxygen atoms in total. The number of carboxylic acid groups (broad SMARTS) is 3. The summed E-state index contributed by atoms with van der Waals surface area (Å²) in [6.07, 6.45) is -0.219. The van der Waals surface area contributed by atoms with E-state index in [0.717, 1.165) is 0 Å². The molecule has 2 atom stereocenters. The van der Waals surface area contributed by atoms with Gasteiger partial charge in [0.1, 0.15) is 12.1 Å². The van der Waals surface area contributed by atoms with Crippen molar-refractivity contribution >= 4 is 29.8 Å². The molecule has 0 aliphatic carbocycles. The Morgan fingerprint density at radius 2 is 1.64 bits per heavy atom. The van der Waals surface area contributed by atoms with Crippen molar-refractivity contribution in [2.75, 3.05) is 0 Å². The van der Waals surface area contributed by atoms with Gasteiger partial charge in [-0.1, -0.05) is 0 Å². The van der Waals surface area contributed by atoms with E-state index in [1.165, 1.54) is 0 Å². The van der Waals surface area contributed by atoms with E-state index in [2.05, 4.69) is 5.32 Å². The average molecular weight is 319 g/mol. The van der Waals surface area contributed by atoms with E-state index in [1.807, 2.05) is 5.32 Å². The van der Waals surface area contributed by atoms with E-state index in [4.69, 9.17) is 21.1 Å². The van der Waals surface area contributed by atoms with Crippen LogP contribution in [0.3, 0.4) is 0 Å². The number of nitrogens with one attached hydrogen (secondary N) is 2.